The number of carbonyl (C=O) groups is 1. The van der Waals surface area contributed by atoms with E-state index >= 15 is 0 Å². The molecule has 1 aliphatic carbocycles. The van der Waals surface area contributed by atoms with Gasteiger partial charge in [0.15, 0.2) is 0 Å². The molecule has 1 atom stereocenters. The van der Waals surface area contributed by atoms with Gasteiger partial charge in [0.2, 0.25) is 5.91 Å². The van der Waals surface area contributed by atoms with Gasteiger partial charge in [0.05, 0.1) is 6.20 Å². The first-order valence-electron chi connectivity index (χ1n) is 12.1. The number of hydrogen-bond acceptors (Lipinski definition) is 4. The van der Waals surface area contributed by atoms with Crippen LogP contribution in [-0.4, -0.2) is 41.4 Å². The minimum absolute atomic E-state index is 0.0777. The smallest absolute Gasteiger partial charge is 0.223 e. The summed E-state index contributed by atoms with van der Waals surface area (Å²) in [4.78, 5) is 15.0. The second-order valence-electron chi connectivity index (χ2n) is 9.33. The fraction of sp³-hybridized carbons (Fsp3) is 0.600. The van der Waals surface area contributed by atoms with Gasteiger partial charge in [-0.15, -0.1) is 0 Å². The van der Waals surface area contributed by atoms with E-state index in [1.54, 1.807) is 0 Å². The highest BCUT2D eigenvalue weighted by molar-refractivity contribution is 5.79. The van der Waals surface area contributed by atoms with Crippen LogP contribution in [0.4, 0.5) is 5.69 Å². The zero-order valence-electron chi connectivity index (χ0n) is 18.3. The minimum Gasteiger partial charge on any atom is -0.371 e. The Morgan fingerprint density at radius 3 is 2.39 bits per heavy atom. The number of amides is 1. The molecule has 1 unspecified atom stereocenters. The summed E-state index contributed by atoms with van der Waals surface area (Å²) in [5, 5.41) is 7.81. The molecular weight excluding hydrogens is 388 g/mol. The first-order valence-corrected chi connectivity index (χ1v) is 12.1. The molecule has 6 nitrogen and oxygen atoms in total. The van der Waals surface area contributed by atoms with Crippen molar-refractivity contribution in [3.05, 3.63) is 36.7 Å². The molecule has 31 heavy (non-hydrogen) atoms. The summed E-state index contributed by atoms with van der Waals surface area (Å²) in [6.07, 6.45) is 14.2. The SMILES string of the molecule is O=C(NC1CCCC1)C1CCN(c2ccc(-c3cnn(C4CCCCO4)c3)cc2)CC1. The van der Waals surface area contributed by atoms with Crippen molar-refractivity contribution in [3.63, 3.8) is 0 Å². The molecule has 6 heteroatoms. The summed E-state index contributed by atoms with van der Waals surface area (Å²) >= 11 is 0. The second kappa shape index (κ2) is 9.43. The Morgan fingerprint density at radius 1 is 0.935 bits per heavy atom. The van der Waals surface area contributed by atoms with Crippen molar-refractivity contribution in [2.45, 2.75) is 70.1 Å². The molecular formula is C25H34N4O2. The number of piperidine rings is 1. The molecule has 3 aliphatic rings. The quantitative estimate of drug-likeness (QED) is 0.769. The number of benzene rings is 1. The summed E-state index contributed by atoms with van der Waals surface area (Å²) in [7, 11) is 0. The van der Waals surface area contributed by atoms with E-state index < -0.39 is 0 Å². The number of aromatic nitrogens is 2. The average Bonchev–Trinajstić information content (AvgIpc) is 3.52. The maximum absolute atomic E-state index is 12.6. The van der Waals surface area contributed by atoms with Crippen molar-refractivity contribution in [2.24, 2.45) is 5.92 Å². The molecule has 2 aromatic rings. The lowest BCUT2D eigenvalue weighted by atomic mass is 9.95. The van der Waals surface area contributed by atoms with Crippen LogP contribution in [0.5, 0.6) is 0 Å². The molecule has 1 amide bonds. The molecule has 1 N–H and O–H groups in total. The first kappa shape index (κ1) is 20.6. The van der Waals surface area contributed by atoms with E-state index in [4.69, 9.17) is 4.74 Å². The molecule has 0 radical (unpaired) electrons. The summed E-state index contributed by atoms with van der Waals surface area (Å²) in [5.41, 5.74) is 3.54. The van der Waals surface area contributed by atoms with Gasteiger partial charge in [-0.25, -0.2) is 4.68 Å². The summed E-state index contributed by atoms with van der Waals surface area (Å²) in [6.45, 7) is 2.71. The molecule has 2 saturated heterocycles. The van der Waals surface area contributed by atoms with Crippen molar-refractivity contribution in [1.82, 2.24) is 15.1 Å². The van der Waals surface area contributed by atoms with Crippen LogP contribution in [0.2, 0.25) is 0 Å². The third kappa shape index (κ3) is 4.79. The largest absolute Gasteiger partial charge is 0.371 e. The summed E-state index contributed by atoms with van der Waals surface area (Å²) in [5.74, 6) is 0.449. The zero-order chi connectivity index (χ0) is 21.0. The van der Waals surface area contributed by atoms with E-state index in [0.717, 1.165) is 63.8 Å². The Kier molecular flexibility index (Phi) is 6.25. The van der Waals surface area contributed by atoms with Crippen LogP contribution in [0.25, 0.3) is 11.1 Å². The van der Waals surface area contributed by atoms with Gasteiger partial charge in [-0.3, -0.25) is 4.79 Å². The molecule has 3 heterocycles. The molecule has 1 aromatic carbocycles. The average molecular weight is 423 g/mol. The number of rotatable bonds is 5. The number of ether oxygens (including phenoxy) is 1. The van der Waals surface area contributed by atoms with Crippen molar-refractivity contribution < 1.29 is 9.53 Å². The Labute approximate surface area is 185 Å². The Morgan fingerprint density at radius 2 is 1.68 bits per heavy atom. The lowest BCUT2D eigenvalue weighted by Gasteiger charge is -2.33. The molecule has 5 rings (SSSR count). The van der Waals surface area contributed by atoms with E-state index in [2.05, 4.69) is 45.8 Å². The van der Waals surface area contributed by atoms with Crippen LogP contribution in [0, 0.1) is 5.92 Å². The Hall–Kier alpha value is -2.34. The molecule has 2 aliphatic heterocycles. The van der Waals surface area contributed by atoms with Crippen molar-refractivity contribution in [1.29, 1.82) is 0 Å². The Bertz CT molecular complexity index is 858. The fourth-order valence-corrected chi connectivity index (χ4v) is 5.23. The maximum atomic E-state index is 12.6. The van der Waals surface area contributed by atoms with Crippen LogP contribution in [-0.2, 0) is 9.53 Å². The summed E-state index contributed by atoms with van der Waals surface area (Å²) < 4.78 is 7.80. The van der Waals surface area contributed by atoms with Crippen molar-refractivity contribution in [2.75, 3.05) is 24.6 Å². The predicted molar refractivity (Wildman–Crippen MR) is 122 cm³/mol. The van der Waals surface area contributed by atoms with Gasteiger partial charge < -0.3 is 15.0 Å². The molecule has 0 spiro atoms. The molecule has 166 valence electrons. The van der Waals surface area contributed by atoms with Crippen LogP contribution in [0.15, 0.2) is 36.7 Å². The van der Waals surface area contributed by atoms with Gasteiger partial charge in [0.1, 0.15) is 6.23 Å². The summed E-state index contributed by atoms with van der Waals surface area (Å²) in [6, 6.07) is 9.17. The first-order chi connectivity index (χ1) is 15.3. The van der Waals surface area contributed by atoms with Gasteiger partial charge >= 0.3 is 0 Å². The van der Waals surface area contributed by atoms with E-state index in [1.807, 2.05) is 10.9 Å². The van der Waals surface area contributed by atoms with Crippen LogP contribution < -0.4 is 10.2 Å². The highest BCUT2D eigenvalue weighted by Crippen LogP contribution is 2.29. The molecule has 0 bridgehead atoms. The van der Waals surface area contributed by atoms with Gasteiger partial charge in [-0.2, -0.15) is 5.10 Å². The highest BCUT2D eigenvalue weighted by Gasteiger charge is 2.27. The molecule has 1 aromatic heterocycles. The topological polar surface area (TPSA) is 59.4 Å². The number of nitrogens with one attached hydrogen (secondary N) is 1. The van der Waals surface area contributed by atoms with Crippen LogP contribution in [0.1, 0.15) is 64.0 Å². The zero-order valence-corrected chi connectivity index (χ0v) is 18.3. The van der Waals surface area contributed by atoms with E-state index in [-0.39, 0.29) is 18.1 Å². The fourth-order valence-electron chi connectivity index (χ4n) is 5.23. The Balaban J connectivity index is 1.15. The normalized spacial score (nSPS) is 23.2. The predicted octanol–water partition coefficient (Wildman–Crippen LogP) is 4.52. The lowest BCUT2D eigenvalue weighted by molar-refractivity contribution is -0.126. The standard InChI is InChI=1S/C25H34N4O2/c30-25(27-22-5-1-2-6-22)20-12-14-28(15-13-20)23-10-8-19(9-11-23)21-17-26-29(18-21)24-7-3-4-16-31-24/h8-11,17-18,20,22,24H,1-7,12-16H2,(H,27,30). The van der Waals surface area contributed by atoms with Gasteiger partial charge in [0.25, 0.3) is 0 Å². The van der Waals surface area contributed by atoms with Gasteiger partial charge in [0, 0.05) is 49.1 Å². The van der Waals surface area contributed by atoms with Crippen molar-refractivity contribution in [3.8, 4) is 11.1 Å². The minimum atomic E-state index is 0.0777. The van der Waals surface area contributed by atoms with Crippen LogP contribution in [0.3, 0.4) is 0 Å². The number of carbonyl (C=O) groups excluding carboxylic acids is 1. The molecule has 1 saturated carbocycles. The number of hydrogen-bond donors (Lipinski definition) is 1. The highest BCUT2D eigenvalue weighted by atomic mass is 16.5. The molecule has 3 fully saturated rings. The van der Waals surface area contributed by atoms with E-state index in [1.165, 1.54) is 30.5 Å². The third-order valence-corrected chi connectivity index (χ3v) is 7.19. The van der Waals surface area contributed by atoms with Gasteiger partial charge in [-0.05, 0) is 62.6 Å². The lowest BCUT2D eigenvalue weighted by Crippen LogP contribution is -2.43. The van der Waals surface area contributed by atoms with E-state index in [0.29, 0.717) is 6.04 Å². The number of anilines is 1. The maximum Gasteiger partial charge on any atom is 0.223 e. The second-order valence-corrected chi connectivity index (χ2v) is 9.33. The van der Waals surface area contributed by atoms with Crippen LogP contribution >= 0.6 is 0 Å². The van der Waals surface area contributed by atoms with E-state index in [9.17, 15) is 4.79 Å². The monoisotopic (exact) mass is 422 g/mol. The third-order valence-electron chi connectivity index (χ3n) is 7.19. The number of nitrogens with zero attached hydrogens (tertiary/aromatic N) is 3. The van der Waals surface area contributed by atoms with Crippen molar-refractivity contribution >= 4 is 11.6 Å². The van der Waals surface area contributed by atoms with Gasteiger partial charge in [-0.1, -0.05) is 25.0 Å².